The third-order valence-corrected chi connectivity index (χ3v) is 5.44. The van der Waals surface area contributed by atoms with Crippen LogP contribution in [0.5, 0.6) is 0 Å². The van der Waals surface area contributed by atoms with Crippen LogP contribution in [0.15, 0.2) is 29.2 Å². The number of hydrogen-bond donors (Lipinski definition) is 0. The highest BCUT2D eigenvalue weighted by Gasteiger charge is 2.18. The largest absolute Gasteiger partial charge is 0.302 e. The molecule has 1 saturated heterocycles. The van der Waals surface area contributed by atoms with E-state index in [2.05, 4.69) is 4.90 Å². The van der Waals surface area contributed by atoms with Gasteiger partial charge in [0.2, 0.25) is 0 Å². The molecule has 2 rings (SSSR count). The van der Waals surface area contributed by atoms with Crippen LogP contribution in [0.2, 0.25) is 0 Å². The van der Waals surface area contributed by atoms with Crippen LogP contribution in [0, 0.1) is 0 Å². The standard InChI is InChI=1S/C15H21NO3S/c1-2-15(17)13-5-7-14(8-6-13)20(18,19)12-11-16-9-3-4-10-16/h5-8H,2-4,9-12H2,1H3. The summed E-state index contributed by atoms with van der Waals surface area (Å²) in [6.07, 6.45) is 2.75. The molecular weight excluding hydrogens is 274 g/mol. The molecule has 1 aromatic carbocycles. The lowest BCUT2D eigenvalue weighted by atomic mass is 10.1. The maximum atomic E-state index is 12.2. The van der Waals surface area contributed by atoms with E-state index < -0.39 is 9.84 Å². The third kappa shape index (κ3) is 3.67. The monoisotopic (exact) mass is 295 g/mol. The van der Waals surface area contributed by atoms with E-state index in [0.29, 0.717) is 23.4 Å². The molecule has 0 unspecified atom stereocenters. The van der Waals surface area contributed by atoms with Gasteiger partial charge in [-0.2, -0.15) is 0 Å². The normalized spacial score (nSPS) is 16.4. The van der Waals surface area contributed by atoms with Gasteiger partial charge in [0.1, 0.15) is 0 Å². The van der Waals surface area contributed by atoms with E-state index in [1.165, 1.54) is 0 Å². The van der Waals surface area contributed by atoms with Gasteiger partial charge in [-0.1, -0.05) is 19.1 Å². The lowest BCUT2D eigenvalue weighted by molar-refractivity contribution is 0.0988. The number of benzene rings is 1. The number of carbonyl (C=O) groups is 1. The van der Waals surface area contributed by atoms with E-state index in [0.717, 1.165) is 25.9 Å². The van der Waals surface area contributed by atoms with Crippen LogP contribution in [-0.2, 0) is 9.84 Å². The lowest BCUT2D eigenvalue weighted by Gasteiger charge is -2.14. The van der Waals surface area contributed by atoms with Crippen molar-refractivity contribution in [2.75, 3.05) is 25.4 Å². The Kier molecular flexibility index (Phi) is 4.94. The number of ketones is 1. The quantitative estimate of drug-likeness (QED) is 0.755. The molecule has 20 heavy (non-hydrogen) atoms. The second kappa shape index (κ2) is 6.50. The number of likely N-dealkylation sites (tertiary alicyclic amines) is 1. The molecular formula is C15H21NO3S. The third-order valence-electron chi connectivity index (χ3n) is 3.73. The van der Waals surface area contributed by atoms with Gasteiger partial charge in [0.25, 0.3) is 0 Å². The van der Waals surface area contributed by atoms with Gasteiger partial charge >= 0.3 is 0 Å². The minimum Gasteiger partial charge on any atom is -0.302 e. The van der Waals surface area contributed by atoms with Gasteiger partial charge < -0.3 is 4.90 Å². The average molecular weight is 295 g/mol. The molecule has 0 spiro atoms. The van der Waals surface area contributed by atoms with Crippen LogP contribution in [0.4, 0.5) is 0 Å². The molecule has 1 aliphatic rings. The van der Waals surface area contributed by atoms with Gasteiger partial charge in [-0.15, -0.1) is 0 Å². The lowest BCUT2D eigenvalue weighted by Crippen LogP contribution is -2.26. The van der Waals surface area contributed by atoms with Crippen LogP contribution in [0.1, 0.15) is 36.5 Å². The predicted molar refractivity (Wildman–Crippen MR) is 78.8 cm³/mol. The van der Waals surface area contributed by atoms with Crippen molar-refractivity contribution in [1.82, 2.24) is 4.90 Å². The number of sulfone groups is 1. The Morgan fingerprint density at radius 3 is 2.30 bits per heavy atom. The Labute approximate surface area is 120 Å². The van der Waals surface area contributed by atoms with E-state index in [1.807, 2.05) is 0 Å². The molecule has 1 heterocycles. The summed E-state index contributed by atoms with van der Waals surface area (Å²) in [5, 5.41) is 0. The van der Waals surface area contributed by atoms with Crippen LogP contribution in [-0.4, -0.2) is 44.5 Å². The number of rotatable bonds is 6. The number of hydrogen-bond acceptors (Lipinski definition) is 4. The molecule has 1 fully saturated rings. The van der Waals surface area contributed by atoms with Crippen LogP contribution < -0.4 is 0 Å². The molecule has 1 aliphatic heterocycles. The summed E-state index contributed by atoms with van der Waals surface area (Å²) in [4.78, 5) is 14.0. The first-order valence-electron chi connectivity index (χ1n) is 7.11. The topological polar surface area (TPSA) is 54.5 Å². The van der Waals surface area contributed by atoms with Crippen LogP contribution in [0.25, 0.3) is 0 Å². The maximum Gasteiger partial charge on any atom is 0.179 e. The van der Waals surface area contributed by atoms with Crippen molar-refractivity contribution in [3.8, 4) is 0 Å². The van der Waals surface area contributed by atoms with Gasteiger partial charge in [-0.25, -0.2) is 8.42 Å². The highest BCUT2D eigenvalue weighted by atomic mass is 32.2. The second-order valence-corrected chi connectivity index (χ2v) is 7.28. The Morgan fingerprint density at radius 2 is 1.75 bits per heavy atom. The first kappa shape index (κ1) is 15.2. The molecule has 0 saturated carbocycles. The SMILES string of the molecule is CCC(=O)c1ccc(S(=O)(=O)CCN2CCCC2)cc1. The summed E-state index contributed by atoms with van der Waals surface area (Å²) in [7, 11) is -3.25. The average Bonchev–Trinajstić information content (AvgIpc) is 2.98. The van der Waals surface area contributed by atoms with Gasteiger partial charge in [0, 0.05) is 18.5 Å². The van der Waals surface area contributed by atoms with Gasteiger partial charge in [-0.3, -0.25) is 4.79 Å². The molecule has 0 bridgehead atoms. The number of nitrogens with zero attached hydrogens (tertiary/aromatic N) is 1. The highest BCUT2D eigenvalue weighted by molar-refractivity contribution is 7.91. The molecule has 0 amide bonds. The molecule has 1 aromatic rings. The molecule has 0 aromatic heterocycles. The van der Waals surface area contributed by atoms with Crippen molar-refractivity contribution in [3.05, 3.63) is 29.8 Å². The van der Waals surface area contributed by atoms with Crippen molar-refractivity contribution in [2.24, 2.45) is 0 Å². The predicted octanol–water partition coefficient (Wildman–Crippen LogP) is 2.15. The smallest absolute Gasteiger partial charge is 0.179 e. The van der Waals surface area contributed by atoms with E-state index in [9.17, 15) is 13.2 Å². The molecule has 110 valence electrons. The van der Waals surface area contributed by atoms with Gasteiger partial charge in [0.05, 0.1) is 10.6 Å². The minimum atomic E-state index is -3.25. The second-order valence-electron chi connectivity index (χ2n) is 5.17. The fourth-order valence-corrected chi connectivity index (χ4v) is 3.71. The Bertz CT molecular complexity index is 557. The molecule has 0 atom stereocenters. The molecule has 4 nitrogen and oxygen atoms in total. The summed E-state index contributed by atoms with van der Waals surface area (Å²) in [6, 6.07) is 6.30. The Balaban J connectivity index is 2.03. The van der Waals surface area contributed by atoms with Crippen molar-refractivity contribution < 1.29 is 13.2 Å². The Morgan fingerprint density at radius 1 is 1.15 bits per heavy atom. The van der Waals surface area contributed by atoms with E-state index in [4.69, 9.17) is 0 Å². The van der Waals surface area contributed by atoms with Gasteiger partial charge in [-0.05, 0) is 38.1 Å². The summed E-state index contributed by atoms with van der Waals surface area (Å²) in [6.45, 7) is 4.39. The van der Waals surface area contributed by atoms with Crippen LogP contribution in [0.3, 0.4) is 0 Å². The maximum absolute atomic E-state index is 12.2. The number of carbonyl (C=O) groups excluding carboxylic acids is 1. The zero-order valence-corrected chi connectivity index (χ0v) is 12.7. The fraction of sp³-hybridized carbons (Fsp3) is 0.533. The van der Waals surface area contributed by atoms with Crippen molar-refractivity contribution >= 4 is 15.6 Å². The molecule has 0 radical (unpaired) electrons. The fourth-order valence-electron chi connectivity index (χ4n) is 2.43. The summed E-state index contributed by atoms with van der Waals surface area (Å²) >= 11 is 0. The van der Waals surface area contributed by atoms with Crippen LogP contribution >= 0.6 is 0 Å². The molecule has 0 N–H and O–H groups in total. The highest BCUT2D eigenvalue weighted by Crippen LogP contribution is 2.15. The molecule has 0 aliphatic carbocycles. The first-order valence-corrected chi connectivity index (χ1v) is 8.76. The summed E-state index contributed by atoms with van der Waals surface area (Å²) in [5.41, 5.74) is 0.575. The summed E-state index contributed by atoms with van der Waals surface area (Å²) < 4.78 is 24.5. The minimum absolute atomic E-state index is 0.0333. The van der Waals surface area contributed by atoms with Crippen molar-refractivity contribution in [2.45, 2.75) is 31.1 Å². The number of Topliss-reactive ketones (excluding diaryl/α,β-unsaturated/α-hetero) is 1. The summed E-state index contributed by atoms with van der Waals surface area (Å²) in [5.74, 6) is 0.180. The van der Waals surface area contributed by atoms with Crippen molar-refractivity contribution in [1.29, 1.82) is 0 Å². The zero-order valence-electron chi connectivity index (χ0n) is 11.8. The van der Waals surface area contributed by atoms with E-state index >= 15 is 0 Å². The Hall–Kier alpha value is -1.20. The first-order chi connectivity index (χ1) is 9.53. The van der Waals surface area contributed by atoms with Gasteiger partial charge in [0.15, 0.2) is 15.6 Å². The van der Waals surface area contributed by atoms with Crippen molar-refractivity contribution in [3.63, 3.8) is 0 Å². The molecule has 5 heteroatoms. The zero-order chi connectivity index (χ0) is 14.6. The van der Waals surface area contributed by atoms with E-state index in [1.54, 1.807) is 31.2 Å². The van der Waals surface area contributed by atoms with E-state index in [-0.39, 0.29) is 11.5 Å².